The van der Waals surface area contributed by atoms with Gasteiger partial charge in [0.25, 0.3) is 5.56 Å². The Bertz CT molecular complexity index is 596. The largest absolute Gasteiger partial charge is 0.395 e. The summed E-state index contributed by atoms with van der Waals surface area (Å²) < 4.78 is 7.35. The van der Waals surface area contributed by atoms with E-state index in [1.54, 1.807) is 18.0 Å². The van der Waals surface area contributed by atoms with Crippen LogP contribution in [0.25, 0.3) is 10.2 Å². The monoisotopic (exact) mass is 297 g/mol. The number of aliphatic hydroxyl groups is 1. The van der Waals surface area contributed by atoms with Gasteiger partial charge in [-0.3, -0.25) is 14.3 Å². The average Bonchev–Trinajstić information content (AvgIpc) is 2.93. The van der Waals surface area contributed by atoms with E-state index in [9.17, 15) is 4.79 Å². The summed E-state index contributed by atoms with van der Waals surface area (Å²) >= 11 is 1.42. The van der Waals surface area contributed by atoms with E-state index in [1.165, 1.54) is 11.3 Å². The summed E-state index contributed by atoms with van der Waals surface area (Å²) in [6, 6.07) is 1.85. The third-order valence-corrected chi connectivity index (χ3v) is 4.01. The summed E-state index contributed by atoms with van der Waals surface area (Å²) in [6.07, 6.45) is 1.59. The quantitative estimate of drug-likeness (QED) is 0.764. The van der Waals surface area contributed by atoms with Gasteiger partial charge < -0.3 is 9.84 Å². The van der Waals surface area contributed by atoms with Crippen LogP contribution in [0, 0.1) is 0 Å². The molecule has 2 aromatic heterocycles. The van der Waals surface area contributed by atoms with E-state index >= 15 is 0 Å². The lowest BCUT2D eigenvalue weighted by Gasteiger charge is -2.21. The van der Waals surface area contributed by atoms with Crippen molar-refractivity contribution in [2.75, 3.05) is 40.0 Å². The number of ether oxygens (including phenoxy) is 1. The van der Waals surface area contributed by atoms with Crippen molar-refractivity contribution in [2.24, 2.45) is 0 Å². The zero-order chi connectivity index (χ0) is 14.4. The molecule has 1 N–H and O–H groups in total. The fourth-order valence-electron chi connectivity index (χ4n) is 1.98. The maximum Gasteiger partial charge on any atom is 0.271 e. The molecule has 0 amide bonds. The molecule has 2 rings (SSSR count). The molecule has 0 unspecified atom stereocenters. The van der Waals surface area contributed by atoms with Gasteiger partial charge in [0.2, 0.25) is 0 Å². The number of aliphatic hydroxyl groups excluding tert-OH is 1. The van der Waals surface area contributed by atoms with Gasteiger partial charge in [-0.15, -0.1) is 11.3 Å². The highest BCUT2D eigenvalue weighted by Crippen LogP contribution is 2.12. The topological polar surface area (TPSA) is 67.6 Å². The molecule has 0 bridgehead atoms. The van der Waals surface area contributed by atoms with E-state index < -0.39 is 0 Å². The van der Waals surface area contributed by atoms with Crippen LogP contribution in [-0.4, -0.2) is 59.5 Å². The Kier molecular flexibility index (Phi) is 5.66. The second-order valence-electron chi connectivity index (χ2n) is 4.44. The minimum atomic E-state index is 0.000639. The lowest BCUT2D eigenvalue weighted by atomic mass is 10.4. The number of aromatic nitrogens is 2. The molecule has 0 aliphatic carbocycles. The van der Waals surface area contributed by atoms with Gasteiger partial charge in [-0.2, -0.15) is 0 Å². The number of thiophene rings is 1. The van der Waals surface area contributed by atoms with Crippen molar-refractivity contribution < 1.29 is 9.84 Å². The third-order valence-electron chi connectivity index (χ3n) is 3.12. The number of hydrogen-bond donors (Lipinski definition) is 1. The van der Waals surface area contributed by atoms with Gasteiger partial charge in [0.1, 0.15) is 4.70 Å². The molecule has 0 spiro atoms. The number of fused-ring (bicyclic) bond motifs is 1. The second-order valence-corrected chi connectivity index (χ2v) is 5.35. The second kappa shape index (κ2) is 7.49. The smallest absolute Gasteiger partial charge is 0.271 e. The molecule has 7 heteroatoms. The molecule has 2 heterocycles. The highest BCUT2D eigenvalue weighted by molar-refractivity contribution is 7.17. The summed E-state index contributed by atoms with van der Waals surface area (Å²) in [7, 11) is 1.65. The first-order chi connectivity index (χ1) is 9.76. The molecule has 6 nitrogen and oxygen atoms in total. The van der Waals surface area contributed by atoms with Gasteiger partial charge >= 0.3 is 0 Å². The van der Waals surface area contributed by atoms with Crippen molar-refractivity contribution in [1.82, 2.24) is 14.5 Å². The molecular weight excluding hydrogens is 278 g/mol. The van der Waals surface area contributed by atoms with Crippen LogP contribution in [-0.2, 0) is 11.3 Å². The van der Waals surface area contributed by atoms with Gasteiger partial charge in [-0.25, -0.2) is 4.98 Å². The molecule has 110 valence electrons. The maximum absolute atomic E-state index is 12.2. The zero-order valence-corrected chi connectivity index (χ0v) is 12.3. The van der Waals surface area contributed by atoms with Crippen molar-refractivity contribution in [2.45, 2.75) is 6.54 Å². The highest BCUT2D eigenvalue weighted by Gasteiger charge is 2.08. The van der Waals surface area contributed by atoms with Crippen molar-refractivity contribution >= 4 is 21.6 Å². The molecule has 0 saturated heterocycles. The van der Waals surface area contributed by atoms with Crippen molar-refractivity contribution in [3.8, 4) is 0 Å². The van der Waals surface area contributed by atoms with Crippen LogP contribution in [0.15, 0.2) is 22.6 Å². The fourth-order valence-corrected chi connectivity index (χ4v) is 2.78. The summed E-state index contributed by atoms with van der Waals surface area (Å²) in [6.45, 7) is 3.26. The number of nitrogens with zero attached hydrogens (tertiary/aromatic N) is 3. The molecule has 0 radical (unpaired) electrons. The van der Waals surface area contributed by atoms with E-state index in [1.807, 2.05) is 11.4 Å². The summed E-state index contributed by atoms with van der Waals surface area (Å²) in [4.78, 5) is 18.5. The lowest BCUT2D eigenvalue weighted by Crippen LogP contribution is -2.35. The van der Waals surface area contributed by atoms with Gasteiger partial charge in [0, 0.05) is 33.3 Å². The predicted octanol–water partition coefficient (Wildman–Crippen LogP) is 0.399. The molecule has 0 aliphatic heterocycles. The van der Waals surface area contributed by atoms with Crippen LogP contribution in [0.2, 0.25) is 0 Å². The van der Waals surface area contributed by atoms with E-state index in [0.29, 0.717) is 30.9 Å². The molecular formula is C13H19N3O3S. The molecule has 2 aromatic rings. The number of hydrogen-bond acceptors (Lipinski definition) is 6. The SMILES string of the molecule is COCCN(CCO)CCn1cnc2ccsc2c1=O. The normalized spacial score (nSPS) is 11.6. The van der Waals surface area contributed by atoms with E-state index in [4.69, 9.17) is 9.84 Å². The van der Waals surface area contributed by atoms with Gasteiger partial charge in [0.15, 0.2) is 0 Å². The Hall–Kier alpha value is -1.28. The standard InChI is InChI=1S/C13H19N3O3S/c1-19-8-6-15(5-7-17)3-4-16-10-14-11-2-9-20-12(11)13(16)18/h2,9-10,17H,3-8H2,1H3. The molecule has 20 heavy (non-hydrogen) atoms. The van der Waals surface area contributed by atoms with Gasteiger partial charge in [-0.05, 0) is 11.4 Å². The summed E-state index contributed by atoms with van der Waals surface area (Å²) in [5.41, 5.74) is 0.753. The number of methoxy groups -OCH3 is 1. The van der Waals surface area contributed by atoms with Crippen molar-refractivity contribution in [1.29, 1.82) is 0 Å². The van der Waals surface area contributed by atoms with Crippen LogP contribution in [0.4, 0.5) is 0 Å². The molecule has 0 aromatic carbocycles. The minimum Gasteiger partial charge on any atom is -0.395 e. The first kappa shape index (κ1) is 15.1. The van der Waals surface area contributed by atoms with Crippen LogP contribution in [0.5, 0.6) is 0 Å². The first-order valence-electron chi connectivity index (χ1n) is 6.51. The highest BCUT2D eigenvalue weighted by atomic mass is 32.1. The predicted molar refractivity (Wildman–Crippen MR) is 79.3 cm³/mol. The van der Waals surface area contributed by atoms with E-state index in [2.05, 4.69) is 9.88 Å². The fraction of sp³-hybridized carbons (Fsp3) is 0.538. The summed E-state index contributed by atoms with van der Waals surface area (Å²) in [5.74, 6) is 0. The molecule has 0 saturated carbocycles. The van der Waals surface area contributed by atoms with Gasteiger partial charge in [0.05, 0.1) is 25.1 Å². The first-order valence-corrected chi connectivity index (χ1v) is 7.39. The van der Waals surface area contributed by atoms with Crippen LogP contribution in [0.3, 0.4) is 0 Å². The van der Waals surface area contributed by atoms with Gasteiger partial charge in [-0.1, -0.05) is 0 Å². The Morgan fingerprint density at radius 2 is 2.30 bits per heavy atom. The molecule has 0 aliphatic rings. The Morgan fingerprint density at radius 3 is 3.05 bits per heavy atom. The van der Waals surface area contributed by atoms with E-state index in [0.717, 1.165) is 12.1 Å². The zero-order valence-electron chi connectivity index (χ0n) is 11.5. The molecule has 0 atom stereocenters. The summed E-state index contributed by atoms with van der Waals surface area (Å²) in [5, 5.41) is 10.9. The minimum absolute atomic E-state index is 0.000639. The van der Waals surface area contributed by atoms with Crippen molar-refractivity contribution in [3.63, 3.8) is 0 Å². The van der Waals surface area contributed by atoms with Crippen molar-refractivity contribution in [3.05, 3.63) is 28.1 Å². The Balaban J connectivity index is 2.03. The third kappa shape index (κ3) is 3.63. The maximum atomic E-state index is 12.2. The van der Waals surface area contributed by atoms with Crippen LogP contribution < -0.4 is 5.56 Å². The van der Waals surface area contributed by atoms with E-state index in [-0.39, 0.29) is 12.2 Å². The molecule has 0 fully saturated rings. The van der Waals surface area contributed by atoms with Crippen LogP contribution >= 0.6 is 11.3 Å². The Labute approximate surface area is 121 Å². The average molecular weight is 297 g/mol. The van der Waals surface area contributed by atoms with Crippen LogP contribution in [0.1, 0.15) is 0 Å². The number of rotatable bonds is 8. The lowest BCUT2D eigenvalue weighted by molar-refractivity contribution is 0.128. The Morgan fingerprint density at radius 1 is 1.45 bits per heavy atom.